The molecule has 4 nitrogen and oxygen atoms in total. The van der Waals surface area contributed by atoms with E-state index < -0.39 is 0 Å². The summed E-state index contributed by atoms with van der Waals surface area (Å²) in [7, 11) is 0. The van der Waals surface area contributed by atoms with Crippen LogP contribution in [-0.2, 0) is 11.2 Å². The fourth-order valence-electron chi connectivity index (χ4n) is 4.20. The standard InChI is InChI=1S/C27H25ClN2O2S/c1-18-9-14-23(28)25-24(18)29-27(33-25)30(17-22-8-5-15-32-22)26(31)21-12-10-20(11-13-21)16-19-6-3-2-4-7-19/h2-4,6-7,9-14,22H,5,8,15-17H2,1H3. The Bertz CT molecular complexity index is 1230. The Labute approximate surface area is 202 Å². The Morgan fingerprint density at radius 2 is 1.85 bits per heavy atom. The van der Waals surface area contributed by atoms with Gasteiger partial charge in [-0.05, 0) is 61.1 Å². The average molecular weight is 477 g/mol. The zero-order chi connectivity index (χ0) is 22.8. The van der Waals surface area contributed by atoms with Crippen LogP contribution < -0.4 is 4.90 Å². The molecule has 1 aromatic heterocycles. The molecule has 1 unspecified atom stereocenters. The molecule has 1 aliphatic rings. The summed E-state index contributed by atoms with van der Waals surface area (Å²) >= 11 is 7.90. The molecule has 1 saturated heterocycles. The largest absolute Gasteiger partial charge is 0.376 e. The Hall–Kier alpha value is -2.73. The van der Waals surface area contributed by atoms with Gasteiger partial charge in [-0.3, -0.25) is 9.69 Å². The summed E-state index contributed by atoms with van der Waals surface area (Å²) in [6, 6.07) is 22.1. The molecule has 1 atom stereocenters. The second-order valence-corrected chi connectivity index (χ2v) is 9.83. The Balaban J connectivity index is 1.44. The SMILES string of the molecule is Cc1ccc(Cl)c2sc(N(CC3CCCO3)C(=O)c3ccc(Cc4ccccc4)cc3)nc12. The van der Waals surface area contributed by atoms with Gasteiger partial charge in [-0.15, -0.1) is 0 Å². The minimum Gasteiger partial charge on any atom is -0.376 e. The number of hydrogen-bond acceptors (Lipinski definition) is 4. The third-order valence-corrected chi connectivity index (χ3v) is 7.56. The van der Waals surface area contributed by atoms with E-state index in [1.807, 2.05) is 61.5 Å². The molecular formula is C27H25ClN2O2S. The van der Waals surface area contributed by atoms with Crippen molar-refractivity contribution in [2.24, 2.45) is 0 Å². The van der Waals surface area contributed by atoms with Crippen LogP contribution in [0.1, 0.15) is 39.9 Å². The molecule has 0 N–H and O–H groups in total. The summed E-state index contributed by atoms with van der Waals surface area (Å²) in [4.78, 5) is 20.2. The molecule has 6 heteroatoms. The van der Waals surface area contributed by atoms with Crippen molar-refractivity contribution in [1.29, 1.82) is 0 Å². The number of carbonyl (C=O) groups excluding carboxylic acids is 1. The molecule has 33 heavy (non-hydrogen) atoms. The predicted octanol–water partition coefficient (Wildman–Crippen LogP) is 6.67. The molecule has 3 aromatic carbocycles. The summed E-state index contributed by atoms with van der Waals surface area (Å²) in [5.41, 5.74) is 4.97. The van der Waals surface area contributed by atoms with Crippen LogP contribution in [0.15, 0.2) is 66.7 Å². The molecule has 168 valence electrons. The maximum atomic E-state index is 13.7. The van der Waals surface area contributed by atoms with Crippen molar-refractivity contribution in [2.75, 3.05) is 18.1 Å². The van der Waals surface area contributed by atoms with Crippen molar-refractivity contribution in [3.63, 3.8) is 0 Å². The zero-order valence-corrected chi connectivity index (χ0v) is 20.0. The van der Waals surface area contributed by atoms with Crippen molar-refractivity contribution < 1.29 is 9.53 Å². The van der Waals surface area contributed by atoms with Crippen molar-refractivity contribution in [3.8, 4) is 0 Å². The molecule has 1 amide bonds. The number of aryl methyl sites for hydroxylation is 1. The first-order valence-corrected chi connectivity index (χ1v) is 12.4. The van der Waals surface area contributed by atoms with Gasteiger partial charge in [0.25, 0.3) is 5.91 Å². The lowest BCUT2D eigenvalue weighted by Gasteiger charge is -2.23. The summed E-state index contributed by atoms with van der Waals surface area (Å²) in [5, 5.41) is 1.32. The molecule has 1 fully saturated rings. The van der Waals surface area contributed by atoms with Gasteiger partial charge in [0.2, 0.25) is 0 Å². The fraction of sp³-hybridized carbons (Fsp3) is 0.259. The number of benzene rings is 3. The van der Waals surface area contributed by atoms with Gasteiger partial charge in [-0.25, -0.2) is 4.98 Å². The number of nitrogens with zero attached hydrogens (tertiary/aromatic N) is 2. The van der Waals surface area contributed by atoms with Crippen LogP contribution in [0.5, 0.6) is 0 Å². The monoisotopic (exact) mass is 476 g/mol. The average Bonchev–Trinajstić information content (AvgIpc) is 3.51. The minimum absolute atomic E-state index is 0.0230. The van der Waals surface area contributed by atoms with Crippen LogP contribution in [-0.4, -0.2) is 30.1 Å². The quantitative estimate of drug-likeness (QED) is 0.312. The number of hydrogen-bond donors (Lipinski definition) is 0. The fourth-order valence-corrected chi connectivity index (χ4v) is 5.52. The van der Waals surface area contributed by atoms with Crippen LogP contribution in [0, 0.1) is 6.92 Å². The molecule has 0 aliphatic carbocycles. The van der Waals surface area contributed by atoms with Gasteiger partial charge in [0.15, 0.2) is 5.13 Å². The Morgan fingerprint density at radius 3 is 2.55 bits per heavy atom. The lowest BCUT2D eigenvalue weighted by Crippen LogP contribution is -2.37. The Kier molecular flexibility index (Phi) is 6.45. The van der Waals surface area contributed by atoms with Crippen LogP contribution in [0.25, 0.3) is 10.2 Å². The Morgan fingerprint density at radius 1 is 1.09 bits per heavy atom. The van der Waals surface area contributed by atoms with E-state index in [9.17, 15) is 4.79 Å². The van der Waals surface area contributed by atoms with Crippen molar-refractivity contribution in [2.45, 2.75) is 32.3 Å². The van der Waals surface area contributed by atoms with E-state index in [-0.39, 0.29) is 12.0 Å². The number of anilines is 1. The van der Waals surface area contributed by atoms with E-state index in [2.05, 4.69) is 12.1 Å². The van der Waals surface area contributed by atoms with Gasteiger partial charge in [0.05, 0.1) is 27.9 Å². The first-order chi connectivity index (χ1) is 16.1. The first kappa shape index (κ1) is 22.1. The molecule has 5 rings (SSSR count). The number of fused-ring (bicyclic) bond motifs is 1. The highest BCUT2D eigenvalue weighted by Gasteiger charge is 2.27. The third-order valence-electron chi connectivity index (χ3n) is 6.02. The van der Waals surface area contributed by atoms with Gasteiger partial charge in [-0.1, -0.05) is 71.5 Å². The van der Waals surface area contributed by atoms with E-state index in [4.69, 9.17) is 21.3 Å². The summed E-state index contributed by atoms with van der Waals surface area (Å²) < 4.78 is 6.77. The van der Waals surface area contributed by atoms with Crippen molar-refractivity contribution in [1.82, 2.24) is 4.98 Å². The third kappa shape index (κ3) is 4.81. The number of halogens is 1. The van der Waals surface area contributed by atoms with Crippen LogP contribution in [0.4, 0.5) is 5.13 Å². The summed E-state index contributed by atoms with van der Waals surface area (Å²) in [6.07, 6.45) is 2.83. The normalized spacial score (nSPS) is 15.8. The number of aromatic nitrogens is 1. The maximum Gasteiger partial charge on any atom is 0.260 e. The van der Waals surface area contributed by atoms with Crippen LogP contribution in [0.3, 0.4) is 0 Å². The van der Waals surface area contributed by atoms with E-state index >= 15 is 0 Å². The van der Waals surface area contributed by atoms with Crippen molar-refractivity contribution in [3.05, 3.63) is 94.0 Å². The molecule has 0 spiro atoms. The maximum absolute atomic E-state index is 13.7. The van der Waals surface area contributed by atoms with Gasteiger partial charge in [0.1, 0.15) is 0 Å². The van der Waals surface area contributed by atoms with E-state index in [0.717, 1.165) is 41.6 Å². The topological polar surface area (TPSA) is 42.4 Å². The van der Waals surface area contributed by atoms with Crippen molar-refractivity contribution >= 4 is 44.2 Å². The van der Waals surface area contributed by atoms with E-state index in [1.54, 1.807) is 4.90 Å². The lowest BCUT2D eigenvalue weighted by molar-refractivity contribution is 0.0917. The molecule has 4 aromatic rings. The first-order valence-electron chi connectivity index (χ1n) is 11.2. The number of amides is 1. The van der Waals surface area contributed by atoms with E-state index in [0.29, 0.717) is 22.3 Å². The second-order valence-electron chi connectivity index (χ2n) is 8.45. The minimum atomic E-state index is -0.0652. The highest BCUT2D eigenvalue weighted by molar-refractivity contribution is 7.23. The smallest absolute Gasteiger partial charge is 0.260 e. The van der Waals surface area contributed by atoms with Crippen LogP contribution >= 0.6 is 22.9 Å². The van der Waals surface area contributed by atoms with Crippen LogP contribution in [0.2, 0.25) is 5.02 Å². The van der Waals surface area contributed by atoms with Gasteiger partial charge in [-0.2, -0.15) is 0 Å². The highest BCUT2D eigenvalue weighted by Crippen LogP contribution is 2.36. The summed E-state index contributed by atoms with van der Waals surface area (Å²) in [6.45, 7) is 3.24. The number of ether oxygens (including phenoxy) is 1. The highest BCUT2D eigenvalue weighted by atomic mass is 35.5. The molecule has 0 radical (unpaired) electrons. The molecule has 0 saturated carbocycles. The van der Waals surface area contributed by atoms with Gasteiger partial charge in [0, 0.05) is 12.2 Å². The lowest BCUT2D eigenvalue weighted by atomic mass is 10.0. The van der Waals surface area contributed by atoms with Gasteiger partial charge >= 0.3 is 0 Å². The molecule has 0 bridgehead atoms. The zero-order valence-electron chi connectivity index (χ0n) is 18.5. The number of rotatable bonds is 6. The predicted molar refractivity (Wildman–Crippen MR) is 136 cm³/mol. The van der Waals surface area contributed by atoms with Gasteiger partial charge < -0.3 is 4.74 Å². The second kappa shape index (κ2) is 9.64. The number of thiazole rings is 1. The summed E-state index contributed by atoms with van der Waals surface area (Å²) in [5.74, 6) is -0.0652. The molecule has 1 aliphatic heterocycles. The molecule has 2 heterocycles. The number of carbonyl (C=O) groups is 1. The van der Waals surface area contributed by atoms with E-state index in [1.165, 1.54) is 22.5 Å². The molecular weight excluding hydrogens is 452 g/mol.